The number of amides is 1. The third-order valence-corrected chi connectivity index (χ3v) is 2.87. The first-order valence-electron chi connectivity index (χ1n) is 5.38. The quantitative estimate of drug-likeness (QED) is 0.798. The largest absolute Gasteiger partial charge is 0.478 e. The fourth-order valence-corrected chi connectivity index (χ4v) is 1.92. The minimum atomic E-state index is -1.06. The maximum atomic E-state index is 12.1. The zero-order valence-electron chi connectivity index (χ0n) is 9.35. The molecule has 1 N–H and O–H groups in total. The smallest absolute Gasteiger partial charge is 0.332 e. The van der Waals surface area contributed by atoms with Crippen LogP contribution >= 0.6 is 0 Å². The van der Waals surface area contributed by atoms with Gasteiger partial charge in [-0.1, -0.05) is 24.8 Å². The Hall–Kier alpha value is -2.10. The zero-order valence-corrected chi connectivity index (χ0v) is 9.35. The molecule has 0 radical (unpaired) electrons. The van der Waals surface area contributed by atoms with Gasteiger partial charge in [0.1, 0.15) is 0 Å². The highest BCUT2D eigenvalue weighted by atomic mass is 16.4. The Balaban J connectivity index is 2.18. The second-order valence-electron chi connectivity index (χ2n) is 4.04. The van der Waals surface area contributed by atoms with Crippen molar-refractivity contribution < 1.29 is 14.7 Å². The van der Waals surface area contributed by atoms with Gasteiger partial charge in [0, 0.05) is 17.7 Å². The van der Waals surface area contributed by atoms with E-state index in [0.29, 0.717) is 12.1 Å². The van der Waals surface area contributed by atoms with E-state index in [1.54, 1.807) is 6.07 Å². The van der Waals surface area contributed by atoms with Crippen LogP contribution in [-0.2, 0) is 11.2 Å². The van der Waals surface area contributed by atoms with Crippen LogP contribution in [0.15, 0.2) is 36.4 Å². The fraction of sp³-hybridized carbons (Fsp3) is 0.231. The third-order valence-electron chi connectivity index (χ3n) is 2.87. The maximum absolute atomic E-state index is 12.1. The van der Waals surface area contributed by atoms with E-state index in [1.807, 2.05) is 18.2 Å². The van der Waals surface area contributed by atoms with Gasteiger partial charge in [0.05, 0.1) is 6.54 Å². The van der Waals surface area contributed by atoms with E-state index in [-0.39, 0.29) is 18.0 Å². The summed E-state index contributed by atoms with van der Waals surface area (Å²) in [6.45, 7) is 4.07. The molecule has 1 aliphatic heterocycles. The van der Waals surface area contributed by atoms with Crippen molar-refractivity contribution >= 4 is 11.9 Å². The molecule has 0 atom stereocenters. The van der Waals surface area contributed by atoms with Crippen molar-refractivity contribution in [2.45, 2.75) is 6.42 Å². The molecule has 1 aromatic rings. The number of carbonyl (C=O) groups excluding carboxylic acids is 1. The summed E-state index contributed by atoms with van der Waals surface area (Å²) < 4.78 is 0. The summed E-state index contributed by atoms with van der Waals surface area (Å²) >= 11 is 0. The van der Waals surface area contributed by atoms with Gasteiger partial charge in [-0.3, -0.25) is 4.79 Å². The summed E-state index contributed by atoms with van der Waals surface area (Å²) in [5, 5.41) is 8.76. The molecule has 2 rings (SSSR count). The average Bonchev–Trinajstić information content (AvgIpc) is 2.33. The van der Waals surface area contributed by atoms with Crippen molar-refractivity contribution in [1.82, 2.24) is 4.90 Å². The molecule has 88 valence electrons. The third kappa shape index (κ3) is 2.20. The van der Waals surface area contributed by atoms with E-state index in [1.165, 1.54) is 4.90 Å². The number of carboxylic acid groups (broad SMARTS) is 1. The molecule has 1 aliphatic rings. The Labute approximate surface area is 99.2 Å². The van der Waals surface area contributed by atoms with Crippen LogP contribution in [0.2, 0.25) is 0 Å². The predicted molar refractivity (Wildman–Crippen MR) is 62.8 cm³/mol. The molecule has 0 saturated carbocycles. The monoisotopic (exact) mass is 231 g/mol. The van der Waals surface area contributed by atoms with Gasteiger partial charge < -0.3 is 10.0 Å². The first-order chi connectivity index (χ1) is 8.09. The second-order valence-corrected chi connectivity index (χ2v) is 4.04. The van der Waals surface area contributed by atoms with Crippen LogP contribution in [0.3, 0.4) is 0 Å². The minimum absolute atomic E-state index is 0.0396. The lowest BCUT2D eigenvalue weighted by Gasteiger charge is -2.28. The van der Waals surface area contributed by atoms with Gasteiger partial charge >= 0.3 is 5.97 Å². The van der Waals surface area contributed by atoms with Gasteiger partial charge in [0.15, 0.2) is 0 Å². The molecule has 4 heteroatoms. The van der Waals surface area contributed by atoms with Crippen LogP contribution in [0.4, 0.5) is 0 Å². The molecule has 1 aromatic carbocycles. The molecule has 0 spiro atoms. The van der Waals surface area contributed by atoms with Crippen LogP contribution in [0, 0.1) is 0 Å². The SMILES string of the molecule is C=C(CN1CCc2ccccc2C1=O)C(=O)O. The van der Waals surface area contributed by atoms with Crippen molar-refractivity contribution in [2.24, 2.45) is 0 Å². The van der Waals surface area contributed by atoms with Crippen molar-refractivity contribution in [3.8, 4) is 0 Å². The first kappa shape index (κ1) is 11.4. The van der Waals surface area contributed by atoms with E-state index >= 15 is 0 Å². The van der Waals surface area contributed by atoms with E-state index in [9.17, 15) is 9.59 Å². The summed E-state index contributed by atoms with van der Waals surface area (Å²) in [5.41, 5.74) is 1.73. The van der Waals surface area contributed by atoms with Crippen LogP contribution in [0.1, 0.15) is 15.9 Å². The van der Waals surface area contributed by atoms with Gasteiger partial charge in [-0.15, -0.1) is 0 Å². The van der Waals surface area contributed by atoms with E-state index in [2.05, 4.69) is 6.58 Å². The number of carbonyl (C=O) groups is 2. The number of benzene rings is 1. The molecular formula is C13H13NO3. The van der Waals surface area contributed by atoms with Crippen LogP contribution in [-0.4, -0.2) is 35.0 Å². The molecular weight excluding hydrogens is 218 g/mol. The van der Waals surface area contributed by atoms with Crippen LogP contribution < -0.4 is 0 Å². The zero-order chi connectivity index (χ0) is 12.4. The first-order valence-corrected chi connectivity index (χ1v) is 5.38. The summed E-state index contributed by atoms with van der Waals surface area (Å²) in [6.07, 6.45) is 0.759. The highest BCUT2D eigenvalue weighted by Gasteiger charge is 2.24. The van der Waals surface area contributed by atoms with E-state index < -0.39 is 5.97 Å². The molecule has 0 aromatic heterocycles. The van der Waals surface area contributed by atoms with E-state index in [0.717, 1.165) is 12.0 Å². The molecule has 4 nitrogen and oxygen atoms in total. The Morgan fingerprint density at radius 1 is 1.41 bits per heavy atom. The molecule has 17 heavy (non-hydrogen) atoms. The molecule has 1 heterocycles. The number of rotatable bonds is 3. The van der Waals surface area contributed by atoms with Gasteiger partial charge in [-0.2, -0.15) is 0 Å². The molecule has 0 saturated heterocycles. The van der Waals surface area contributed by atoms with Crippen molar-refractivity contribution in [3.05, 3.63) is 47.5 Å². The minimum Gasteiger partial charge on any atom is -0.478 e. The van der Waals surface area contributed by atoms with Gasteiger partial charge in [0.25, 0.3) is 5.91 Å². The normalized spacial score (nSPS) is 14.4. The molecule has 1 amide bonds. The van der Waals surface area contributed by atoms with Crippen LogP contribution in [0.25, 0.3) is 0 Å². The van der Waals surface area contributed by atoms with Gasteiger partial charge in [-0.25, -0.2) is 4.79 Å². The van der Waals surface area contributed by atoms with Crippen molar-refractivity contribution in [2.75, 3.05) is 13.1 Å². The fourth-order valence-electron chi connectivity index (χ4n) is 1.92. The molecule has 0 aliphatic carbocycles. The van der Waals surface area contributed by atoms with Gasteiger partial charge in [0.2, 0.25) is 0 Å². The number of aliphatic carboxylic acids is 1. The lowest BCUT2D eigenvalue weighted by atomic mass is 9.99. The van der Waals surface area contributed by atoms with Crippen molar-refractivity contribution in [1.29, 1.82) is 0 Å². The maximum Gasteiger partial charge on any atom is 0.332 e. The van der Waals surface area contributed by atoms with Gasteiger partial charge in [-0.05, 0) is 18.1 Å². The topological polar surface area (TPSA) is 57.6 Å². The Morgan fingerprint density at radius 2 is 2.12 bits per heavy atom. The number of fused-ring (bicyclic) bond motifs is 1. The molecule has 0 unspecified atom stereocenters. The molecule has 0 fully saturated rings. The molecule has 0 bridgehead atoms. The highest BCUT2D eigenvalue weighted by Crippen LogP contribution is 2.19. The summed E-state index contributed by atoms with van der Waals surface area (Å²) in [5.74, 6) is -1.18. The second kappa shape index (κ2) is 4.41. The van der Waals surface area contributed by atoms with Crippen molar-refractivity contribution in [3.63, 3.8) is 0 Å². The highest BCUT2D eigenvalue weighted by molar-refractivity contribution is 5.97. The Kier molecular flexibility index (Phi) is 2.95. The average molecular weight is 231 g/mol. The standard InChI is InChI=1S/C13H13NO3/c1-9(13(16)17)8-14-7-6-10-4-2-3-5-11(10)12(14)15/h2-5H,1,6-8H2,(H,16,17). The number of hydrogen-bond donors (Lipinski definition) is 1. The van der Waals surface area contributed by atoms with Crippen LogP contribution in [0.5, 0.6) is 0 Å². The Morgan fingerprint density at radius 3 is 2.82 bits per heavy atom. The summed E-state index contributed by atoms with van der Waals surface area (Å²) in [4.78, 5) is 24.3. The number of nitrogens with zero attached hydrogens (tertiary/aromatic N) is 1. The summed E-state index contributed by atoms with van der Waals surface area (Å²) in [6, 6.07) is 7.41. The van der Waals surface area contributed by atoms with E-state index in [4.69, 9.17) is 5.11 Å². The predicted octanol–water partition coefficient (Wildman–Crippen LogP) is 1.33. The Bertz CT molecular complexity index is 493. The lowest BCUT2D eigenvalue weighted by molar-refractivity contribution is -0.132. The number of hydrogen-bond acceptors (Lipinski definition) is 2. The number of carboxylic acids is 1. The lowest BCUT2D eigenvalue weighted by Crippen LogP contribution is -2.39. The summed E-state index contributed by atoms with van der Waals surface area (Å²) in [7, 11) is 0.